The van der Waals surface area contributed by atoms with Gasteiger partial charge in [0.1, 0.15) is 0 Å². The Balaban J connectivity index is 1.30. The molecule has 4 fully saturated rings. The standard InChI is InChI=1S/C35H32ClN3O2/c36-26-11-12-28-27(16-26)31(25-9-5-2-6-10-25)32(33(40)37-28)29-17-30(24-7-3-1-4-8-24)39(38-29)34(41)35-18-21-13-22(19-35)15-23(14-21)20-35/h1-12,16,21-23,30H,13-15,17-20H2,(H,37,40). The topological polar surface area (TPSA) is 65.5 Å². The van der Waals surface area contributed by atoms with Crippen LogP contribution in [0.15, 0.2) is 88.8 Å². The van der Waals surface area contributed by atoms with Crippen LogP contribution in [0.4, 0.5) is 0 Å². The molecule has 0 radical (unpaired) electrons. The lowest BCUT2D eigenvalue weighted by Gasteiger charge is -2.56. The average molecular weight is 562 g/mol. The SMILES string of the molecule is O=C(N1N=C(c2c(-c3ccccc3)c3cc(Cl)ccc3[nH]c2=O)CC1c1ccccc1)C12CC3CC(CC(C3)C1)C2. The van der Waals surface area contributed by atoms with Crippen molar-refractivity contribution in [1.82, 2.24) is 9.99 Å². The van der Waals surface area contributed by atoms with E-state index in [4.69, 9.17) is 16.7 Å². The van der Waals surface area contributed by atoms with E-state index < -0.39 is 0 Å². The van der Waals surface area contributed by atoms with Gasteiger partial charge in [0.2, 0.25) is 5.91 Å². The van der Waals surface area contributed by atoms with Gasteiger partial charge in [-0.1, -0.05) is 72.3 Å². The fourth-order valence-electron chi connectivity index (χ4n) is 8.84. The number of carbonyl (C=O) groups excluding carboxylic acids is 1. The van der Waals surface area contributed by atoms with Crippen LogP contribution in [-0.2, 0) is 4.79 Å². The second kappa shape index (κ2) is 9.42. The van der Waals surface area contributed by atoms with Gasteiger partial charge in [-0.3, -0.25) is 9.59 Å². The predicted molar refractivity (Wildman–Crippen MR) is 163 cm³/mol. The van der Waals surface area contributed by atoms with Gasteiger partial charge < -0.3 is 4.98 Å². The van der Waals surface area contributed by atoms with Crippen LogP contribution in [0.1, 0.15) is 62.1 Å². The summed E-state index contributed by atoms with van der Waals surface area (Å²) >= 11 is 6.47. The lowest BCUT2D eigenvalue weighted by Crippen LogP contribution is -2.53. The van der Waals surface area contributed by atoms with Crippen LogP contribution in [0, 0.1) is 23.2 Å². The first-order chi connectivity index (χ1) is 20.0. The number of nitrogens with zero attached hydrogens (tertiary/aromatic N) is 2. The van der Waals surface area contributed by atoms with Crippen LogP contribution in [0.3, 0.4) is 0 Å². The second-order valence-corrected chi connectivity index (χ2v) is 13.2. The number of amides is 1. The number of fused-ring (bicyclic) bond motifs is 1. The monoisotopic (exact) mass is 561 g/mol. The molecule has 0 saturated heterocycles. The van der Waals surface area contributed by atoms with Gasteiger partial charge in [0, 0.05) is 27.9 Å². The van der Waals surface area contributed by atoms with E-state index in [0.29, 0.717) is 40.5 Å². The molecule has 0 spiro atoms. The Labute approximate surface area is 244 Å². The third kappa shape index (κ3) is 4.08. The van der Waals surface area contributed by atoms with E-state index in [9.17, 15) is 9.59 Å². The lowest BCUT2D eigenvalue weighted by atomic mass is 9.49. The fourth-order valence-corrected chi connectivity index (χ4v) is 9.02. The molecule has 6 heteroatoms. The van der Waals surface area contributed by atoms with Gasteiger partial charge in [0.25, 0.3) is 5.56 Å². The van der Waals surface area contributed by atoms with E-state index in [1.807, 2.05) is 60.7 Å². The molecule has 1 aromatic heterocycles. The van der Waals surface area contributed by atoms with E-state index in [-0.39, 0.29) is 22.9 Å². The van der Waals surface area contributed by atoms with Crippen molar-refractivity contribution in [2.45, 2.75) is 51.0 Å². The molecule has 1 aliphatic heterocycles. The first-order valence-electron chi connectivity index (χ1n) is 14.8. The summed E-state index contributed by atoms with van der Waals surface area (Å²) in [5, 5.41) is 8.33. The zero-order valence-electron chi connectivity index (χ0n) is 22.9. The Bertz CT molecular complexity index is 1730. The Morgan fingerprint density at radius 3 is 2.15 bits per heavy atom. The minimum Gasteiger partial charge on any atom is -0.321 e. The highest BCUT2D eigenvalue weighted by Gasteiger charge is 2.57. The highest BCUT2D eigenvalue weighted by Crippen LogP contribution is 2.61. The Morgan fingerprint density at radius 1 is 0.854 bits per heavy atom. The number of carbonyl (C=O) groups is 1. The number of aromatic amines is 1. The lowest BCUT2D eigenvalue weighted by molar-refractivity contribution is -0.159. The summed E-state index contributed by atoms with van der Waals surface area (Å²) in [5.41, 5.74) is 4.14. The molecule has 1 atom stereocenters. The molecule has 5 aliphatic rings. The van der Waals surface area contributed by atoms with Crippen molar-refractivity contribution in [3.8, 4) is 11.1 Å². The maximum absolute atomic E-state index is 14.7. The highest BCUT2D eigenvalue weighted by atomic mass is 35.5. The van der Waals surface area contributed by atoms with Crippen LogP contribution in [0.2, 0.25) is 5.02 Å². The van der Waals surface area contributed by atoms with Crippen LogP contribution < -0.4 is 5.56 Å². The number of hydrogen-bond acceptors (Lipinski definition) is 3. The van der Waals surface area contributed by atoms with Gasteiger partial charge in [0.05, 0.1) is 22.7 Å². The maximum Gasteiger partial charge on any atom is 0.258 e. The van der Waals surface area contributed by atoms with E-state index in [2.05, 4.69) is 17.1 Å². The Morgan fingerprint density at radius 2 is 1.49 bits per heavy atom. The molecule has 9 rings (SSSR count). The largest absolute Gasteiger partial charge is 0.321 e. The fraction of sp³-hybridized carbons (Fsp3) is 0.343. The number of benzene rings is 3. The number of H-pyrrole nitrogens is 1. The molecule has 41 heavy (non-hydrogen) atoms. The summed E-state index contributed by atoms with van der Waals surface area (Å²) in [4.78, 5) is 31.6. The number of rotatable bonds is 4. The summed E-state index contributed by atoms with van der Waals surface area (Å²) in [6.45, 7) is 0. The molecular formula is C35H32ClN3O2. The highest BCUT2D eigenvalue weighted by molar-refractivity contribution is 6.31. The summed E-state index contributed by atoms with van der Waals surface area (Å²) in [7, 11) is 0. The molecule has 5 nitrogen and oxygen atoms in total. The number of nitrogens with one attached hydrogen (secondary N) is 1. The molecule has 206 valence electrons. The normalized spacial score (nSPS) is 28.3. The third-order valence-electron chi connectivity index (χ3n) is 10.1. The Kier molecular flexibility index (Phi) is 5.75. The summed E-state index contributed by atoms with van der Waals surface area (Å²) in [6, 6.07) is 25.4. The van der Waals surface area contributed by atoms with Gasteiger partial charge in [-0.25, -0.2) is 5.01 Å². The first kappa shape index (κ1) is 25.0. The van der Waals surface area contributed by atoms with E-state index >= 15 is 0 Å². The van der Waals surface area contributed by atoms with E-state index in [1.54, 1.807) is 11.1 Å². The molecule has 4 aliphatic carbocycles. The van der Waals surface area contributed by atoms with E-state index in [1.165, 1.54) is 19.3 Å². The van der Waals surface area contributed by atoms with Crippen molar-refractivity contribution in [3.05, 3.63) is 105 Å². The second-order valence-electron chi connectivity index (χ2n) is 12.8. The number of pyridine rings is 1. The van der Waals surface area contributed by atoms with Crippen molar-refractivity contribution >= 4 is 34.1 Å². The predicted octanol–water partition coefficient (Wildman–Crippen LogP) is 7.74. The number of hydrogen-bond donors (Lipinski definition) is 1. The maximum atomic E-state index is 14.7. The zero-order valence-corrected chi connectivity index (χ0v) is 23.6. The molecular weight excluding hydrogens is 530 g/mol. The van der Waals surface area contributed by atoms with Gasteiger partial charge >= 0.3 is 0 Å². The molecule has 4 aromatic rings. The molecule has 1 unspecified atom stereocenters. The van der Waals surface area contributed by atoms with Crippen molar-refractivity contribution in [1.29, 1.82) is 0 Å². The van der Waals surface area contributed by atoms with Gasteiger partial charge in [-0.15, -0.1) is 0 Å². The van der Waals surface area contributed by atoms with Gasteiger partial charge in [-0.05, 0) is 85.6 Å². The zero-order chi connectivity index (χ0) is 27.7. The quantitative estimate of drug-likeness (QED) is 0.277. The van der Waals surface area contributed by atoms with Crippen LogP contribution >= 0.6 is 11.6 Å². The van der Waals surface area contributed by atoms with Crippen molar-refractivity contribution < 1.29 is 4.79 Å². The molecule has 1 N–H and O–H groups in total. The van der Waals surface area contributed by atoms with Crippen molar-refractivity contribution in [2.24, 2.45) is 28.3 Å². The van der Waals surface area contributed by atoms with Crippen LogP contribution in [-0.4, -0.2) is 21.6 Å². The molecule has 4 bridgehead atoms. The van der Waals surface area contributed by atoms with Gasteiger partial charge in [0.15, 0.2) is 0 Å². The Hall–Kier alpha value is -3.70. The summed E-state index contributed by atoms with van der Waals surface area (Å²) in [5.74, 6) is 2.12. The average Bonchev–Trinajstić information content (AvgIpc) is 3.41. The van der Waals surface area contributed by atoms with E-state index in [0.717, 1.165) is 46.9 Å². The molecule has 1 amide bonds. The minimum atomic E-state index is -0.327. The smallest absolute Gasteiger partial charge is 0.258 e. The number of halogens is 1. The molecule has 3 aromatic carbocycles. The summed E-state index contributed by atoms with van der Waals surface area (Å²) in [6.07, 6.45) is 7.24. The van der Waals surface area contributed by atoms with Crippen LogP contribution in [0.25, 0.3) is 22.0 Å². The van der Waals surface area contributed by atoms with Crippen molar-refractivity contribution in [3.63, 3.8) is 0 Å². The first-order valence-corrected chi connectivity index (χ1v) is 15.2. The van der Waals surface area contributed by atoms with Crippen molar-refractivity contribution in [2.75, 3.05) is 0 Å². The molecule has 2 heterocycles. The number of aromatic nitrogens is 1. The summed E-state index contributed by atoms with van der Waals surface area (Å²) < 4.78 is 0. The molecule has 4 saturated carbocycles. The minimum absolute atomic E-state index is 0.155. The van der Waals surface area contributed by atoms with Crippen LogP contribution in [0.5, 0.6) is 0 Å². The number of hydrazone groups is 1. The third-order valence-corrected chi connectivity index (χ3v) is 10.4. The van der Waals surface area contributed by atoms with Gasteiger partial charge in [-0.2, -0.15) is 5.10 Å².